The summed E-state index contributed by atoms with van der Waals surface area (Å²) < 4.78 is 52.9. The van der Waals surface area contributed by atoms with Crippen molar-refractivity contribution in [2.24, 2.45) is 35.5 Å². The maximum atomic E-state index is 12.8. The number of esters is 1. The van der Waals surface area contributed by atoms with Gasteiger partial charge >= 0.3 is 24.5 Å². The van der Waals surface area contributed by atoms with Crippen LogP contribution >= 0.6 is 0 Å². The summed E-state index contributed by atoms with van der Waals surface area (Å²) in [6, 6.07) is 0. The lowest BCUT2D eigenvalue weighted by atomic mass is 9.74. The van der Waals surface area contributed by atoms with Crippen LogP contribution in [-0.4, -0.2) is 29.6 Å². The highest BCUT2D eigenvalue weighted by Gasteiger charge is 2.47. The predicted molar refractivity (Wildman–Crippen MR) is 80.1 cm³/mol. The molecule has 1 N–H and O–H groups in total. The zero-order valence-corrected chi connectivity index (χ0v) is 14.3. The highest BCUT2D eigenvalue weighted by Crippen LogP contribution is 2.54. The molecule has 0 radical (unpaired) electrons. The Kier molecular flexibility index (Phi) is 5.99. The van der Waals surface area contributed by atoms with Gasteiger partial charge in [-0.2, -0.15) is 17.6 Å². The van der Waals surface area contributed by atoms with E-state index >= 15 is 0 Å². The molecule has 0 heterocycles. The number of rotatable bonds is 7. The lowest BCUT2D eigenvalue weighted by Gasteiger charge is -2.31. The van der Waals surface area contributed by atoms with Crippen LogP contribution in [0.1, 0.15) is 46.0 Å². The van der Waals surface area contributed by atoms with E-state index in [0.29, 0.717) is 24.2 Å². The van der Waals surface area contributed by atoms with E-state index in [-0.39, 0.29) is 12.3 Å². The minimum Gasteiger partial charge on any atom is -0.481 e. The van der Waals surface area contributed by atoms with Crippen molar-refractivity contribution in [2.45, 2.75) is 58.5 Å². The monoisotopic (exact) mass is 368 g/mol. The molecule has 2 aliphatic carbocycles. The first-order valence-corrected chi connectivity index (χ1v) is 8.64. The van der Waals surface area contributed by atoms with E-state index in [1.54, 1.807) is 0 Å². The summed E-state index contributed by atoms with van der Waals surface area (Å²) in [5.74, 6) is -2.63. The molecule has 4 nitrogen and oxygen atoms in total. The first-order chi connectivity index (χ1) is 11.5. The molecule has 0 saturated heterocycles. The average molecular weight is 368 g/mol. The van der Waals surface area contributed by atoms with E-state index in [9.17, 15) is 32.3 Å². The molecule has 2 fully saturated rings. The van der Waals surface area contributed by atoms with Crippen molar-refractivity contribution in [3.63, 3.8) is 0 Å². The van der Waals surface area contributed by atoms with Crippen molar-refractivity contribution in [2.75, 3.05) is 0 Å². The minimum absolute atomic E-state index is 0.153. The molecule has 7 unspecified atom stereocenters. The number of halogens is 4. The van der Waals surface area contributed by atoms with Gasteiger partial charge in [-0.3, -0.25) is 9.59 Å². The number of carboxylic acids is 1. The zero-order valence-electron chi connectivity index (χ0n) is 14.3. The summed E-state index contributed by atoms with van der Waals surface area (Å²) >= 11 is 0. The van der Waals surface area contributed by atoms with E-state index in [1.807, 2.05) is 0 Å². The third-order valence-corrected chi connectivity index (χ3v) is 5.96. The summed E-state index contributed by atoms with van der Waals surface area (Å²) in [6.07, 6.45) is -5.37. The Bertz CT molecular complexity index is 505. The maximum Gasteiger partial charge on any atom is 0.457 e. The van der Waals surface area contributed by atoms with Gasteiger partial charge in [0.1, 0.15) is 0 Å². The third-order valence-electron chi connectivity index (χ3n) is 5.96. The smallest absolute Gasteiger partial charge is 0.457 e. The number of carbonyl (C=O) groups is 2. The van der Waals surface area contributed by atoms with Gasteiger partial charge in [-0.25, -0.2) is 0 Å². The fraction of sp³-hybridized carbons (Fsp3) is 0.882. The van der Waals surface area contributed by atoms with Gasteiger partial charge in [0.15, 0.2) is 0 Å². The van der Waals surface area contributed by atoms with Crippen molar-refractivity contribution in [1.82, 2.24) is 0 Å². The van der Waals surface area contributed by atoms with Crippen molar-refractivity contribution in [3.8, 4) is 0 Å². The van der Waals surface area contributed by atoms with Crippen LogP contribution in [0.2, 0.25) is 0 Å². The van der Waals surface area contributed by atoms with Crippen molar-refractivity contribution >= 4 is 11.9 Å². The molecule has 8 heteroatoms. The van der Waals surface area contributed by atoms with Crippen molar-refractivity contribution < 1.29 is 37.0 Å². The maximum absolute atomic E-state index is 12.8. The van der Waals surface area contributed by atoms with Crippen LogP contribution in [0.4, 0.5) is 17.6 Å². The third kappa shape index (κ3) is 4.64. The molecular weight excluding hydrogens is 344 g/mol. The van der Waals surface area contributed by atoms with Crippen LogP contribution in [0, 0.1) is 35.5 Å². The van der Waals surface area contributed by atoms with Gasteiger partial charge in [-0.15, -0.1) is 0 Å². The lowest BCUT2D eigenvalue weighted by Crippen LogP contribution is -2.33. The molecule has 7 atom stereocenters. The van der Waals surface area contributed by atoms with Crippen LogP contribution in [0.3, 0.4) is 0 Å². The topological polar surface area (TPSA) is 63.6 Å². The second-order valence-corrected chi connectivity index (χ2v) is 7.56. The molecule has 0 amide bonds. The number of alkyl halides is 4. The Labute approximate surface area is 143 Å². The van der Waals surface area contributed by atoms with Gasteiger partial charge in [0.2, 0.25) is 0 Å². The number of aliphatic carboxylic acids is 1. The Balaban J connectivity index is 1.92. The summed E-state index contributed by atoms with van der Waals surface area (Å²) in [6.45, 7) is 3.38. The molecule has 2 bridgehead atoms. The number of carbonyl (C=O) groups excluding carboxylic acids is 1. The molecule has 2 saturated carbocycles. The summed E-state index contributed by atoms with van der Waals surface area (Å²) in [7, 11) is 0. The molecule has 0 aromatic rings. The predicted octanol–water partition coefficient (Wildman–Crippen LogP) is 4.19. The largest absolute Gasteiger partial charge is 0.481 e. The number of hydrogen-bond donors (Lipinski definition) is 1. The zero-order chi connectivity index (χ0) is 18.9. The van der Waals surface area contributed by atoms with Crippen molar-refractivity contribution in [1.29, 1.82) is 0 Å². The standard InChI is InChI=1S/C17H24F4O4/c1-8(15(24)25-16(18)17(19,20)21)5-12(14(22)23)7-13-9(2)10-3-4-11(13)6-10/h8-13,16H,3-7H2,1-2H3,(H,22,23). The second-order valence-electron chi connectivity index (χ2n) is 7.56. The van der Waals surface area contributed by atoms with Gasteiger partial charge < -0.3 is 9.84 Å². The number of ether oxygens (including phenoxy) is 1. The highest BCUT2D eigenvalue weighted by molar-refractivity contribution is 5.74. The molecule has 25 heavy (non-hydrogen) atoms. The van der Waals surface area contributed by atoms with Crippen molar-refractivity contribution in [3.05, 3.63) is 0 Å². The van der Waals surface area contributed by atoms with Crippen LogP contribution in [0.15, 0.2) is 0 Å². The molecule has 2 aliphatic rings. The summed E-state index contributed by atoms with van der Waals surface area (Å²) in [4.78, 5) is 23.2. The van der Waals surface area contributed by atoms with E-state index in [4.69, 9.17) is 0 Å². The quantitative estimate of drug-likeness (QED) is 0.541. The fourth-order valence-corrected chi connectivity index (χ4v) is 4.54. The number of carboxylic acid groups (broad SMARTS) is 1. The molecule has 0 aliphatic heterocycles. The number of fused-ring (bicyclic) bond motifs is 2. The van der Waals surface area contributed by atoms with Crippen LogP contribution in [-0.2, 0) is 14.3 Å². The van der Waals surface area contributed by atoms with Gasteiger partial charge in [0, 0.05) is 0 Å². The van der Waals surface area contributed by atoms with Gasteiger partial charge in [-0.1, -0.05) is 13.8 Å². The second kappa shape index (κ2) is 7.50. The molecule has 2 rings (SSSR count). The first-order valence-electron chi connectivity index (χ1n) is 8.64. The van der Waals surface area contributed by atoms with E-state index in [2.05, 4.69) is 11.7 Å². The van der Waals surface area contributed by atoms with Gasteiger partial charge in [0.05, 0.1) is 11.8 Å². The van der Waals surface area contributed by atoms with E-state index in [1.165, 1.54) is 6.92 Å². The SMILES string of the molecule is CC(CC(CC1C2CCC(C2)C1C)C(=O)O)C(=O)OC(F)C(F)(F)F. The average Bonchev–Trinajstić information content (AvgIpc) is 3.08. The van der Waals surface area contributed by atoms with Crippen LogP contribution < -0.4 is 0 Å². The Morgan fingerprint density at radius 1 is 1.24 bits per heavy atom. The van der Waals surface area contributed by atoms with Crippen LogP contribution in [0.5, 0.6) is 0 Å². The Morgan fingerprint density at radius 2 is 1.84 bits per heavy atom. The number of hydrogen-bond acceptors (Lipinski definition) is 3. The molecule has 0 aromatic carbocycles. The molecule has 144 valence electrons. The van der Waals surface area contributed by atoms with Crippen LogP contribution in [0.25, 0.3) is 0 Å². The fourth-order valence-electron chi connectivity index (χ4n) is 4.54. The van der Waals surface area contributed by atoms with E-state index in [0.717, 1.165) is 19.3 Å². The van der Waals surface area contributed by atoms with Gasteiger partial charge in [0.25, 0.3) is 0 Å². The minimum atomic E-state index is -5.28. The Morgan fingerprint density at radius 3 is 2.32 bits per heavy atom. The lowest BCUT2D eigenvalue weighted by molar-refractivity contribution is -0.260. The normalized spacial score (nSPS) is 32.2. The van der Waals surface area contributed by atoms with E-state index < -0.39 is 36.3 Å². The summed E-state index contributed by atoms with van der Waals surface area (Å²) in [5.41, 5.74) is 0. The molecule has 0 aromatic heterocycles. The first kappa shape index (κ1) is 20.0. The van der Waals surface area contributed by atoms with Gasteiger partial charge in [-0.05, 0) is 55.8 Å². The highest BCUT2D eigenvalue weighted by atomic mass is 19.4. The Hall–Kier alpha value is -1.34. The molecular formula is C17H24F4O4. The summed E-state index contributed by atoms with van der Waals surface area (Å²) in [5, 5.41) is 9.43. The molecule has 0 spiro atoms.